The average Bonchev–Trinajstić information content (AvgIpc) is 2.53. The van der Waals surface area contributed by atoms with E-state index in [1.54, 1.807) is 0 Å². The average molecular weight is 210 g/mol. The van der Waals surface area contributed by atoms with Gasteiger partial charge in [-0.25, -0.2) is 0 Å². The van der Waals surface area contributed by atoms with Gasteiger partial charge in [-0.05, 0) is 49.6 Å². The summed E-state index contributed by atoms with van der Waals surface area (Å²) in [7, 11) is 0. The molecular formula is C14H14N2. The lowest BCUT2D eigenvalue weighted by atomic mass is 10.1. The zero-order valence-corrected chi connectivity index (χ0v) is 9.76. The Morgan fingerprint density at radius 2 is 1.88 bits per heavy atom. The number of rotatable bonds is 0. The van der Waals surface area contributed by atoms with Crippen LogP contribution in [0.3, 0.4) is 0 Å². The van der Waals surface area contributed by atoms with Gasteiger partial charge in [0.2, 0.25) is 0 Å². The fourth-order valence-corrected chi connectivity index (χ4v) is 2.30. The van der Waals surface area contributed by atoms with Crippen molar-refractivity contribution in [3.05, 3.63) is 41.2 Å². The van der Waals surface area contributed by atoms with E-state index in [1.807, 2.05) is 12.4 Å². The normalized spacial score (nSPS) is 11.4. The summed E-state index contributed by atoms with van der Waals surface area (Å²) in [6, 6.07) is 4.43. The van der Waals surface area contributed by atoms with Crippen LogP contribution in [-0.4, -0.2) is 9.97 Å². The molecule has 80 valence electrons. The molecule has 1 aliphatic heterocycles. The molecule has 0 fully saturated rings. The topological polar surface area (TPSA) is 28.7 Å². The van der Waals surface area contributed by atoms with Gasteiger partial charge < -0.3 is 4.98 Å². The van der Waals surface area contributed by atoms with Crippen molar-refractivity contribution in [1.82, 2.24) is 9.97 Å². The van der Waals surface area contributed by atoms with E-state index in [1.165, 1.54) is 27.6 Å². The summed E-state index contributed by atoms with van der Waals surface area (Å²) < 4.78 is 0. The van der Waals surface area contributed by atoms with E-state index in [2.05, 4.69) is 42.9 Å². The number of hydrogen-bond acceptors (Lipinski definition) is 1. The smallest absolute Gasteiger partial charge is 0.0945 e. The van der Waals surface area contributed by atoms with Crippen LogP contribution in [-0.2, 0) is 0 Å². The second kappa shape index (κ2) is 3.08. The molecule has 0 unspecified atom stereocenters. The quantitative estimate of drug-likeness (QED) is 0.603. The molecule has 1 aromatic rings. The number of fused-ring (bicyclic) bond motifs is 3. The van der Waals surface area contributed by atoms with Crippen molar-refractivity contribution >= 4 is 10.9 Å². The summed E-state index contributed by atoms with van der Waals surface area (Å²) in [6.45, 7) is 6.35. The highest BCUT2D eigenvalue weighted by molar-refractivity contribution is 6.01. The van der Waals surface area contributed by atoms with Crippen molar-refractivity contribution in [3.8, 4) is 11.3 Å². The lowest BCUT2D eigenvalue weighted by Crippen LogP contribution is -1.85. The molecule has 2 heterocycles. The summed E-state index contributed by atoms with van der Waals surface area (Å²) in [5.74, 6) is 0. The molecule has 1 aromatic heterocycles. The van der Waals surface area contributed by atoms with Gasteiger partial charge in [-0.15, -0.1) is 0 Å². The largest absolute Gasteiger partial charge is 0.359 e. The van der Waals surface area contributed by atoms with E-state index in [0.717, 1.165) is 11.2 Å². The van der Waals surface area contributed by atoms with Crippen LogP contribution in [0, 0.1) is 20.8 Å². The zero-order chi connectivity index (χ0) is 11.3. The molecule has 3 rings (SSSR count). The van der Waals surface area contributed by atoms with Crippen molar-refractivity contribution in [3.63, 3.8) is 0 Å². The Morgan fingerprint density at radius 1 is 1.06 bits per heavy atom. The van der Waals surface area contributed by atoms with Gasteiger partial charge in [-0.2, -0.15) is 0 Å². The first kappa shape index (κ1) is 9.40. The van der Waals surface area contributed by atoms with E-state index in [4.69, 9.17) is 0 Å². The number of H-pyrrole nitrogens is 1. The van der Waals surface area contributed by atoms with E-state index in [0.29, 0.717) is 0 Å². The van der Waals surface area contributed by atoms with Crippen LogP contribution in [0.1, 0.15) is 16.7 Å². The molecule has 2 heteroatoms. The van der Waals surface area contributed by atoms with Crippen LogP contribution >= 0.6 is 0 Å². The third-order valence-corrected chi connectivity index (χ3v) is 3.15. The molecule has 0 atom stereocenters. The third-order valence-electron chi connectivity index (χ3n) is 3.15. The minimum absolute atomic E-state index is 1.08. The van der Waals surface area contributed by atoms with Gasteiger partial charge in [0.05, 0.1) is 11.2 Å². The maximum absolute atomic E-state index is 4.53. The van der Waals surface area contributed by atoms with Gasteiger partial charge >= 0.3 is 0 Å². The summed E-state index contributed by atoms with van der Waals surface area (Å²) in [6.07, 6.45) is 3.96. The fourth-order valence-electron chi connectivity index (χ4n) is 2.30. The first-order chi connectivity index (χ1) is 7.66. The lowest BCUT2D eigenvalue weighted by Gasteiger charge is -2.02. The predicted octanol–water partition coefficient (Wildman–Crippen LogP) is 3.59. The number of hydrogen-bond donors (Lipinski definition) is 1. The monoisotopic (exact) mass is 210 g/mol. The van der Waals surface area contributed by atoms with E-state index < -0.39 is 0 Å². The number of aryl methyl sites for hydroxylation is 3. The number of aromatic nitrogens is 2. The molecule has 16 heavy (non-hydrogen) atoms. The van der Waals surface area contributed by atoms with E-state index in [-0.39, 0.29) is 0 Å². The Labute approximate surface area is 94.7 Å². The number of aromatic amines is 1. The van der Waals surface area contributed by atoms with Crippen molar-refractivity contribution in [2.45, 2.75) is 20.8 Å². The Kier molecular flexibility index (Phi) is 1.81. The molecule has 0 bridgehead atoms. The van der Waals surface area contributed by atoms with Gasteiger partial charge in [0.25, 0.3) is 0 Å². The van der Waals surface area contributed by atoms with Crippen molar-refractivity contribution in [2.75, 3.05) is 0 Å². The molecular weight excluding hydrogens is 196 g/mol. The van der Waals surface area contributed by atoms with Gasteiger partial charge in [-0.3, -0.25) is 4.98 Å². The van der Waals surface area contributed by atoms with Crippen LogP contribution < -0.4 is 0 Å². The minimum Gasteiger partial charge on any atom is -0.359 e. The van der Waals surface area contributed by atoms with Crippen LogP contribution in [0.2, 0.25) is 0 Å². The first-order valence-electron chi connectivity index (χ1n) is 5.50. The van der Waals surface area contributed by atoms with Crippen LogP contribution in [0.4, 0.5) is 0 Å². The van der Waals surface area contributed by atoms with Crippen LogP contribution in [0.15, 0.2) is 24.5 Å². The highest BCUT2D eigenvalue weighted by atomic mass is 14.8. The standard InChI is InChI=1S/C14H14N2/c1-8-4-11-10(3)12-5-9(2)7-16-14(12)13(11)15-6-8/h4-7,15H,1-3H3. The molecule has 0 radical (unpaired) electrons. The van der Waals surface area contributed by atoms with Gasteiger partial charge in [0, 0.05) is 23.3 Å². The van der Waals surface area contributed by atoms with E-state index in [9.17, 15) is 0 Å². The maximum Gasteiger partial charge on any atom is 0.0945 e. The molecule has 2 aliphatic rings. The molecule has 0 saturated heterocycles. The molecule has 1 aliphatic carbocycles. The van der Waals surface area contributed by atoms with E-state index >= 15 is 0 Å². The summed E-state index contributed by atoms with van der Waals surface area (Å²) in [5, 5.41) is 1.26. The SMILES string of the molecule is Cc1c[nH]c2c3ncc(C)cc3c(C)c-2c1. The number of nitrogens with one attached hydrogen (secondary N) is 1. The molecule has 2 nitrogen and oxygen atoms in total. The Morgan fingerprint density at radius 3 is 2.69 bits per heavy atom. The summed E-state index contributed by atoms with van der Waals surface area (Å²) in [5.41, 5.74) is 7.30. The van der Waals surface area contributed by atoms with Gasteiger partial charge in [0.1, 0.15) is 0 Å². The molecule has 1 N–H and O–H groups in total. The lowest BCUT2D eigenvalue weighted by molar-refractivity contribution is 1.26. The van der Waals surface area contributed by atoms with Crippen molar-refractivity contribution in [2.24, 2.45) is 0 Å². The Balaban J connectivity index is 2.53. The summed E-state index contributed by atoms with van der Waals surface area (Å²) in [4.78, 5) is 7.87. The second-order valence-electron chi connectivity index (χ2n) is 4.50. The number of pyridine rings is 2. The second-order valence-corrected chi connectivity index (χ2v) is 4.50. The first-order valence-corrected chi connectivity index (χ1v) is 5.50. The highest BCUT2D eigenvalue weighted by Gasteiger charge is 2.16. The summed E-state index contributed by atoms with van der Waals surface area (Å²) >= 11 is 0. The van der Waals surface area contributed by atoms with Gasteiger partial charge in [0.15, 0.2) is 0 Å². The third kappa shape index (κ3) is 1.16. The predicted molar refractivity (Wildman–Crippen MR) is 66.9 cm³/mol. The Bertz CT molecular complexity index is 649. The van der Waals surface area contributed by atoms with Crippen molar-refractivity contribution < 1.29 is 0 Å². The molecule has 0 amide bonds. The zero-order valence-electron chi connectivity index (χ0n) is 9.76. The molecule has 0 spiro atoms. The molecule has 0 saturated carbocycles. The fraction of sp³-hybridized carbons (Fsp3) is 0.214. The highest BCUT2D eigenvalue weighted by Crippen LogP contribution is 2.36. The van der Waals surface area contributed by atoms with Crippen LogP contribution in [0.25, 0.3) is 22.2 Å². The van der Waals surface area contributed by atoms with Crippen molar-refractivity contribution in [1.29, 1.82) is 0 Å². The Hall–Kier alpha value is -1.83. The number of nitrogens with zero attached hydrogens (tertiary/aromatic N) is 1. The molecule has 0 aromatic carbocycles. The van der Waals surface area contributed by atoms with Crippen LogP contribution in [0.5, 0.6) is 0 Å². The van der Waals surface area contributed by atoms with Gasteiger partial charge in [-0.1, -0.05) is 0 Å². The minimum atomic E-state index is 1.08. The maximum atomic E-state index is 4.53.